The normalized spacial score (nSPS) is 22.5. The summed E-state index contributed by atoms with van der Waals surface area (Å²) in [6, 6.07) is 7.93. The maximum absolute atomic E-state index is 12.3. The van der Waals surface area contributed by atoms with Gasteiger partial charge in [-0.15, -0.1) is 0 Å². The number of sulfone groups is 1. The van der Waals surface area contributed by atoms with Crippen LogP contribution in [0.25, 0.3) is 0 Å². The minimum absolute atomic E-state index is 0.0827. The maximum Gasteiger partial charge on any atom is 0.241 e. The van der Waals surface area contributed by atoms with Crippen molar-refractivity contribution < 1.29 is 13.2 Å². The molecule has 2 fully saturated rings. The Morgan fingerprint density at radius 3 is 2.50 bits per heavy atom. The topological polar surface area (TPSA) is 69.7 Å². The molecule has 0 aliphatic carbocycles. The number of anilines is 2. The summed E-state index contributed by atoms with van der Waals surface area (Å²) in [6.45, 7) is 2.40. The van der Waals surface area contributed by atoms with Gasteiger partial charge in [-0.3, -0.25) is 4.79 Å². The van der Waals surface area contributed by atoms with Gasteiger partial charge in [-0.1, -0.05) is 0 Å². The third-order valence-electron chi connectivity index (χ3n) is 4.93. The maximum atomic E-state index is 12.3. The van der Waals surface area contributed by atoms with E-state index in [0.717, 1.165) is 18.8 Å². The van der Waals surface area contributed by atoms with E-state index in [1.54, 1.807) is 11.9 Å². The number of rotatable bonds is 5. The van der Waals surface area contributed by atoms with E-state index in [1.165, 1.54) is 18.5 Å². The van der Waals surface area contributed by atoms with Crippen LogP contribution in [0.3, 0.4) is 0 Å². The van der Waals surface area contributed by atoms with Crippen molar-refractivity contribution in [2.24, 2.45) is 0 Å². The second-order valence-corrected chi connectivity index (χ2v) is 8.88. The van der Waals surface area contributed by atoms with Crippen molar-refractivity contribution in [3.8, 4) is 0 Å². The molecule has 0 bridgehead atoms. The Kier molecular flexibility index (Phi) is 4.99. The van der Waals surface area contributed by atoms with Crippen molar-refractivity contribution in [1.82, 2.24) is 4.90 Å². The van der Waals surface area contributed by atoms with Crippen molar-refractivity contribution >= 4 is 27.1 Å². The number of nitrogens with zero attached hydrogens (tertiary/aromatic N) is 2. The molecule has 6 nitrogen and oxygen atoms in total. The van der Waals surface area contributed by atoms with Crippen LogP contribution in [0.5, 0.6) is 0 Å². The SMILES string of the molecule is CN(C(=O)CNc1ccc(N2CCCC2)cc1)C1CCS(=O)(=O)C1. The molecule has 2 saturated heterocycles. The highest BCUT2D eigenvalue weighted by atomic mass is 32.2. The Balaban J connectivity index is 1.50. The van der Waals surface area contributed by atoms with Crippen LogP contribution < -0.4 is 10.2 Å². The summed E-state index contributed by atoms with van der Waals surface area (Å²) in [5.74, 6) is 0.182. The minimum atomic E-state index is -2.97. The molecule has 0 saturated carbocycles. The zero-order chi connectivity index (χ0) is 17.2. The predicted molar refractivity (Wildman–Crippen MR) is 96.2 cm³/mol. The molecular weight excluding hydrogens is 326 g/mol. The smallest absolute Gasteiger partial charge is 0.241 e. The molecule has 1 amide bonds. The van der Waals surface area contributed by atoms with Gasteiger partial charge < -0.3 is 15.1 Å². The van der Waals surface area contributed by atoms with E-state index in [-0.39, 0.29) is 30.0 Å². The van der Waals surface area contributed by atoms with Crippen LogP contribution in [0.4, 0.5) is 11.4 Å². The number of carbonyl (C=O) groups is 1. The molecule has 2 aliphatic rings. The van der Waals surface area contributed by atoms with Crippen molar-refractivity contribution in [2.75, 3.05) is 48.4 Å². The van der Waals surface area contributed by atoms with Gasteiger partial charge in [-0.25, -0.2) is 8.42 Å². The lowest BCUT2D eigenvalue weighted by Gasteiger charge is -2.24. The van der Waals surface area contributed by atoms with E-state index in [2.05, 4.69) is 22.3 Å². The van der Waals surface area contributed by atoms with Crippen LogP contribution in [-0.2, 0) is 14.6 Å². The van der Waals surface area contributed by atoms with E-state index in [1.807, 2.05) is 12.1 Å². The fourth-order valence-corrected chi connectivity index (χ4v) is 5.13. The summed E-state index contributed by atoms with van der Waals surface area (Å²) < 4.78 is 23.1. The number of nitrogens with one attached hydrogen (secondary N) is 1. The first-order valence-corrected chi connectivity index (χ1v) is 10.3. The van der Waals surface area contributed by atoms with Crippen molar-refractivity contribution in [2.45, 2.75) is 25.3 Å². The van der Waals surface area contributed by atoms with Crippen LogP contribution in [0.2, 0.25) is 0 Å². The van der Waals surface area contributed by atoms with E-state index in [4.69, 9.17) is 0 Å². The van der Waals surface area contributed by atoms with Gasteiger partial charge in [0.2, 0.25) is 5.91 Å². The first-order valence-electron chi connectivity index (χ1n) is 8.49. The zero-order valence-corrected chi connectivity index (χ0v) is 14.9. The molecule has 0 radical (unpaired) electrons. The summed E-state index contributed by atoms with van der Waals surface area (Å²) in [5, 5.41) is 3.13. The van der Waals surface area contributed by atoms with Crippen molar-refractivity contribution in [3.05, 3.63) is 24.3 Å². The number of hydrogen-bond donors (Lipinski definition) is 1. The lowest BCUT2D eigenvalue weighted by molar-refractivity contribution is -0.129. The highest BCUT2D eigenvalue weighted by molar-refractivity contribution is 7.91. The fraction of sp³-hybridized carbons (Fsp3) is 0.588. The average molecular weight is 351 g/mol. The zero-order valence-electron chi connectivity index (χ0n) is 14.1. The number of likely N-dealkylation sites (N-methyl/N-ethyl adjacent to an activating group) is 1. The van der Waals surface area contributed by atoms with E-state index >= 15 is 0 Å². The van der Waals surface area contributed by atoms with Crippen LogP contribution in [-0.4, -0.2) is 63.5 Å². The van der Waals surface area contributed by atoms with E-state index in [0.29, 0.717) is 6.42 Å². The summed E-state index contributed by atoms with van der Waals surface area (Å²) in [6.07, 6.45) is 3.03. The van der Waals surface area contributed by atoms with Gasteiger partial charge in [0.1, 0.15) is 0 Å². The second kappa shape index (κ2) is 7.01. The highest BCUT2D eigenvalue weighted by Gasteiger charge is 2.32. The van der Waals surface area contributed by atoms with Gasteiger partial charge >= 0.3 is 0 Å². The van der Waals surface area contributed by atoms with Crippen LogP contribution in [0.1, 0.15) is 19.3 Å². The van der Waals surface area contributed by atoms with E-state index in [9.17, 15) is 13.2 Å². The number of amides is 1. The van der Waals surface area contributed by atoms with Gasteiger partial charge in [0.05, 0.1) is 18.1 Å². The molecule has 1 aromatic carbocycles. The third kappa shape index (κ3) is 4.01. The number of carbonyl (C=O) groups excluding carboxylic acids is 1. The Morgan fingerprint density at radius 1 is 1.25 bits per heavy atom. The molecule has 1 N–H and O–H groups in total. The van der Waals surface area contributed by atoms with Gasteiger partial charge in [0.25, 0.3) is 0 Å². The largest absolute Gasteiger partial charge is 0.376 e. The molecule has 0 aromatic heterocycles. The van der Waals surface area contributed by atoms with Crippen LogP contribution in [0, 0.1) is 0 Å². The summed E-state index contributed by atoms with van der Waals surface area (Å²) in [5.41, 5.74) is 2.12. The van der Waals surface area contributed by atoms with Crippen LogP contribution in [0.15, 0.2) is 24.3 Å². The second-order valence-electron chi connectivity index (χ2n) is 6.66. The molecule has 1 unspecified atom stereocenters. The quantitative estimate of drug-likeness (QED) is 0.867. The lowest BCUT2D eigenvalue weighted by Crippen LogP contribution is -2.40. The molecule has 7 heteroatoms. The van der Waals surface area contributed by atoms with Gasteiger partial charge in [0.15, 0.2) is 9.84 Å². The monoisotopic (exact) mass is 351 g/mol. The number of hydrogen-bond acceptors (Lipinski definition) is 5. The molecule has 0 spiro atoms. The summed E-state index contributed by atoms with van der Waals surface area (Å²) in [7, 11) is -1.29. The average Bonchev–Trinajstić information content (AvgIpc) is 3.22. The predicted octanol–water partition coefficient (Wildman–Crippen LogP) is 1.34. The van der Waals surface area contributed by atoms with Gasteiger partial charge in [-0.05, 0) is 43.5 Å². The highest BCUT2D eigenvalue weighted by Crippen LogP contribution is 2.22. The van der Waals surface area contributed by atoms with Crippen molar-refractivity contribution in [1.29, 1.82) is 0 Å². The molecular formula is C17H25N3O3S. The molecule has 1 atom stereocenters. The molecule has 2 heterocycles. The van der Waals surface area contributed by atoms with Crippen molar-refractivity contribution in [3.63, 3.8) is 0 Å². The Bertz CT molecular complexity index is 682. The first kappa shape index (κ1) is 17.1. The lowest BCUT2D eigenvalue weighted by atomic mass is 10.2. The molecule has 2 aliphatic heterocycles. The molecule has 24 heavy (non-hydrogen) atoms. The van der Waals surface area contributed by atoms with Gasteiger partial charge in [-0.2, -0.15) is 0 Å². The molecule has 132 valence electrons. The molecule has 1 aromatic rings. The summed E-state index contributed by atoms with van der Waals surface area (Å²) >= 11 is 0. The third-order valence-corrected chi connectivity index (χ3v) is 6.68. The Morgan fingerprint density at radius 2 is 1.92 bits per heavy atom. The standard InChI is InChI=1S/C17H25N3O3S/c1-19(16-8-11-24(22,23)13-16)17(21)12-18-14-4-6-15(7-5-14)20-9-2-3-10-20/h4-7,16,18H,2-3,8-13H2,1H3. The number of benzene rings is 1. The van der Waals surface area contributed by atoms with Gasteiger partial charge in [0, 0.05) is 37.6 Å². The van der Waals surface area contributed by atoms with E-state index < -0.39 is 9.84 Å². The fourth-order valence-electron chi connectivity index (χ4n) is 3.35. The van der Waals surface area contributed by atoms with Crippen LogP contribution >= 0.6 is 0 Å². The Hall–Kier alpha value is -1.76. The summed E-state index contributed by atoms with van der Waals surface area (Å²) in [4.78, 5) is 16.2. The first-order chi connectivity index (χ1) is 11.4. The molecule has 3 rings (SSSR count). The minimum Gasteiger partial charge on any atom is -0.376 e. The Labute approximate surface area is 143 Å².